The molecule has 0 radical (unpaired) electrons. The first-order valence-electron chi connectivity index (χ1n) is 4.31. The fourth-order valence-electron chi connectivity index (χ4n) is 1.27. The van der Waals surface area contributed by atoms with Gasteiger partial charge in [-0.2, -0.15) is 0 Å². The normalized spacial score (nSPS) is 12.2. The van der Waals surface area contributed by atoms with Crippen molar-refractivity contribution in [3.8, 4) is 0 Å². The van der Waals surface area contributed by atoms with Crippen LogP contribution < -0.4 is 0 Å². The molecule has 1 unspecified atom stereocenters. The van der Waals surface area contributed by atoms with Gasteiger partial charge in [-0.3, -0.25) is 9.78 Å². The van der Waals surface area contributed by atoms with Crippen molar-refractivity contribution in [2.24, 2.45) is 0 Å². The Bertz CT molecular complexity index is 392. The van der Waals surface area contributed by atoms with E-state index in [1.54, 1.807) is 0 Å². The number of ketones is 1. The molecule has 0 saturated heterocycles. The standard InChI is InChI=1S/C10H10ClNO3/c1-6(15)9(4-13)8-2-7(11)3-12-10(8)5-14/h2-4,9,14H,5H2,1H3. The van der Waals surface area contributed by atoms with Crippen LogP contribution in [0.5, 0.6) is 0 Å². The molecule has 15 heavy (non-hydrogen) atoms. The van der Waals surface area contributed by atoms with Crippen LogP contribution >= 0.6 is 11.6 Å². The van der Waals surface area contributed by atoms with Gasteiger partial charge in [0.15, 0.2) is 0 Å². The van der Waals surface area contributed by atoms with Gasteiger partial charge in [0.1, 0.15) is 12.1 Å². The highest BCUT2D eigenvalue weighted by Crippen LogP contribution is 2.21. The molecule has 5 heteroatoms. The molecule has 1 atom stereocenters. The van der Waals surface area contributed by atoms with Gasteiger partial charge in [-0.1, -0.05) is 11.6 Å². The summed E-state index contributed by atoms with van der Waals surface area (Å²) in [4.78, 5) is 25.8. The van der Waals surface area contributed by atoms with Crippen molar-refractivity contribution in [2.75, 3.05) is 0 Å². The molecule has 0 saturated carbocycles. The zero-order chi connectivity index (χ0) is 11.4. The van der Waals surface area contributed by atoms with Gasteiger partial charge in [0.25, 0.3) is 0 Å². The molecular weight excluding hydrogens is 218 g/mol. The van der Waals surface area contributed by atoms with Crippen LogP contribution in [0, 0.1) is 0 Å². The Labute approximate surface area is 91.9 Å². The highest BCUT2D eigenvalue weighted by Gasteiger charge is 2.20. The number of hydrogen-bond acceptors (Lipinski definition) is 4. The van der Waals surface area contributed by atoms with Crippen LogP contribution in [-0.2, 0) is 16.2 Å². The molecule has 80 valence electrons. The average molecular weight is 228 g/mol. The summed E-state index contributed by atoms with van der Waals surface area (Å²) in [5.41, 5.74) is 0.666. The van der Waals surface area contributed by atoms with Crippen molar-refractivity contribution >= 4 is 23.7 Å². The molecule has 0 aromatic carbocycles. The predicted molar refractivity (Wildman–Crippen MR) is 54.7 cm³/mol. The molecule has 0 spiro atoms. The Hall–Kier alpha value is -1.26. The van der Waals surface area contributed by atoms with Gasteiger partial charge in [0, 0.05) is 6.20 Å². The molecule has 0 amide bonds. The van der Waals surface area contributed by atoms with Gasteiger partial charge < -0.3 is 9.90 Å². The Morgan fingerprint density at radius 1 is 1.73 bits per heavy atom. The number of Topliss-reactive ketones (excluding diaryl/α,β-unsaturated/α-hetero) is 1. The van der Waals surface area contributed by atoms with Crippen LogP contribution in [0.15, 0.2) is 12.3 Å². The summed E-state index contributed by atoms with van der Waals surface area (Å²) in [5.74, 6) is -1.21. The summed E-state index contributed by atoms with van der Waals surface area (Å²) in [6.07, 6.45) is 1.88. The van der Waals surface area contributed by atoms with E-state index < -0.39 is 5.92 Å². The minimum absolute atomic E-state index is 0.298. The molecule has 4 nitrogen and oxygen atoms in total. The number of hydrogen-bond donors (Lipinski definition) is 1. The van der Waals surface area contributed by atoms with Crippen LogP contribution in [0.1, 0.15) is 24.1 Å². The number of rotatable bonds is 4. The lowest BCUT2D eigenvalue weighted by Crippen LogP contribution is -2.13. The smallest absolute Gasteiger partial charge is 0.144 e. The number of aromatic nitrogens is 1. The third-order valence-electron chi connectivity index (χ3n) is 2.03. The van der Waals surface area contributed by atoms with Crippen molar-refractivity contribution in [2.45, 2.75) is 19.4 Å². The summed E-state index contributed by atoms with van der Waals surface area (Å²) < 4.78 is 0. The lowest BCUT2D eigenvalue weighted by molar-refractivity contribution is -0.122. The first kappa shape index (κ1) is 11.8. The second-order valence-electron chi connectivity index (χ2n) is 3.07. The van der Waals surface area contributed by atoms with Gasteiger partial charge >= 0.3 is 0 Å². The van der Waals surface area contributed by atoms with Crippen LogP contribution in [0.4, 0.5) is 0 Å². The molecule has 0 aliphatic heterocycles. The topological polar surface area (TPSA) is 67.3 Å². The van der Waals surface area contributed by atoms with Gasteiger partial charge in [-0.15, -0.1) is 0 Å². The number of nitrogens with zero attached hydrogens (tertiary/aromatic N) is 1. The van der Waals surface area contributed by atoms with E-state index in [4.69, 9.17) is 16.7 Å². The number of carbonyl (C=O) groups is 2. The van der Waals surface area contributed by atoms with E-state index in [9.17, 15) is 9.59 Å². The summed E-state index contributed by atoms with van der Waals surface area (Å²) >= 11 is 5.71. The fourth-order valence-corrected chi connectivity index (χ4v) is 1.44. The lowest BCUT2D eigenvalue weighted by atomic mass is 9.96. The maximum absolute atomic E-state index is 11.2. The molecule has 0 fully saturated rings. The first-order valence-corrected chi connectivity index (χ1v) is 4.69. The molecule has 0 bridgehead atoms. The SMILES string of the molecule is CC(=O)C(C=O)c1cc(Cl)cnc1CO. The number of aldehydes is 1. The number of halogens is 1. The fraction of sp³-hybridized carbons (Fsp3) is 0.300. The Balaban J connectivity index is 3.25. The minimum atomic E-state index is -0.904. The second kappa shape index (κ2) is 5.00. The third-order valence-corrected chi connectivity index (χ3v) is 2.24. The molecule has 0 aliphatic rings. The van der Waals surface area contributed by atoms with E-state index in [-0.39, 0.29) is 12.4 Å². The van der Waals surface area contributed by atoms with E-state index >= 15 is 0 Å². The van der Waals surface area contributed by atoms with E-state index in [2.05, 4.69) is 4.98 Å². The minimum Gasteiger partial charge on any atom is -0.390 e. The average Bonchev–Trinajstić information content (AvgIpc) is 2.18. The molecule has 1 aromatic rings. The van der Waals surface area contributed by atoms with Gasteiger partial charge in [-0.05, 0) is 18.6 Å². The molecule has 1 N–H and O–H groups in total. The van der Waals surface area contributed by atoms with Crippen molar-refractivity contribution in [1.82, 2.24) is 4.98 Å². The lowest BCUT2D eigenvalue weighted by Gasteiger charge is -2.10. The maximum atomic E-state index is 11.2. The van der Waals surface area contributed by atoms with Crippen LogP contribution in [0.3, 0.4) is 0 Å². The van der Waals surface area contributed by atoms with Gasteiger partial charge in [-0.25, -0.2) is 0 Å². The molecule has 1 heterocycles. The zero-order valence-electron chi connectivity index (χ0n) is 8.11. The molecule has 0 aliphatic carbocycles. The number of aliphatic hydroxyl groups excluding tert-OH is 1. The molecule has 1 rings (SSSR count). The quantitative estimate of drug-likeness (QED) is 0.618. The Kier molecular flexibility index (Phi) is 3.94. The van der Waals surface area contributed by atoms with Crippen molar-refractivity contribution in [3.63, 3.8) is 0 Å². The van der Waals surface area contributed by atoms with Gasteiger partial charge in [0.2, 0.25) is 0 Å². The monoisotopic (exact) mass is 227 g/mol. The van der Waals surface area contributed by atoms with E-state index in [0.29, 0.717) is 22.6 Å². The highest BCUT2D eigenvalue weighted by atomic mass is 35.5. The van der Waals surface area contributed by atoms with Crippen molar-refractivity contribution < 1.29 is 14.7 Å². The largest absolute Gasteiger partial charge is 0.390 e. The summed E-state index contributed by atoms with van der Waals surface area (Å²) in [6, 6.07) is 1.47. The van der Waals surface area contributed by atoms with Crippen LogP contribution in [0.25, 0.3) is 0 Å². The van der Waals surface area contributed by atoms with Crippen LogP contribution in [-0.4, -0.2) is 22.2 Å². The summed E-state index contributed by atoms with van der Waals surface area (Å²) in [7, 11) is 0. The number of pyridine rings is 1. The third kappa shape index (κ3) is 2.61. The number of aliphatic hydroxyl groups is 1. The second-order valence-corrected chi connectivity index (χ2v) is 3.51. The summed E-state index contributed by atoms with van der Waals surface area (Å²) in [5, 5.41) is 9.33. The van der Waals surface area contributed by atoms with Crippen molar-refractivity contribution in [3.05, 3.63) is 28.5 Å². The first-order chi connectivity index (χ1) is 7.10. The zero-order valence-corrected chi connectivity index (χ0v) is 8.86. The maximum Gasteiger partial charge on any atom is 0.144 e. The summed E-state index contributed by atoms with van der Waals surface area (Å²) in [6.45, 7) is 0.977. The van der Waals surface area contributed by atoms with Crippen molar-refractivity contribution in [1.29, 1.82) is 0 Å². The predicted octanol–water partition coefficient (Wildman–Crippen LogP) is 1.10. The Morgan fingerprint density at radius 2 is 2.40 bits per heavy atom. The Morgan fingerprint density at radius 3 is 2.87 bits per heavy atom. The van der Waals surface area contributed by atoms with Gasteiger partial charge in [0.05, 0.1) is 23.2 Å². The number of carbonyl (C=O) groups excluding carboxylic acids is 2. The van der Waals surface area contributed by atoms with E-state index in [0.717, 1.165) is 0 Å². The molecular formula is C10H10ClNO3. The van der Waals surface area contributed by atoms with E-state index in [1.165, 1.54) is 19.2 Å². The van der Waals surface area contributed by atoms with Crippen LogP contribution in [0.2, 0.25) is 5.02 Å². The van der Waals surface area contributed by atoms with E-state index in [1.807, 2.05) is 0 Å². The highest BCUT2D eigenvalue weighted by molar-refractivity contribution is 6.30. The molecule has 1 aromatic heterocycles.